The molecule has 0 aromatic carbocycles. The van der Waals surface area contributed by atoms with Crippen LogP contribution in [0.5, 0.6) is 5.75 Å². The number of hydrogen-bond donors (Lipinski definition) is 0. The van der Waals surface area contributed by atoms with E-state index in [0.29, 0.717) is 25.3 Å². The third kappa shape index (κ3) is 4.79. The van der Waals surface area contributed by atoms with Gasteiger partial charge < -0.3 is 9.26 Å². The second kappa shape index (κ2) is 6.57. The SMILES string of the molecule is [B]c1ccc(OCCOPI)cn1. The summed E-state index contributed by atoms with van der Waals surface area (Å²) in [5.74, 6) is 0.717. The van der Waals surface area contributed by atoms with E-state index in [4.69, 9.17) is 17.1 Å². The van der Waals surface area contributed by atoms with Gasteiger partial charge in [0.25, 0.3) is 0 Å². The normalized spacial score (nSPS) is 10.8. The summed E-state index contributed by atoms with van der Waals surface area (Å²) in [6.45, 7) is 1.62. The fourth-order valence-electron chi connectivity index (χ4n) is 0.717. The molecule has 6 heteroatoms. The lowest BCUT2D eigenvalue weighted by atomic mass is 10.0. The van der Waals surface area contributed by atoms with Gasteiger partial charge in [-0.2, -0.15) is 0 Å². The van der Waals surface area contributed by atoms with Crippen LogP contribution in [0.15, 0.2) is 18.3 Å². The van der Waals surface area contributed by atoms with Crippen LogP contribution in [-0.2, 0) is 4.52 Å². The van der Waals surface area contributed by atoms with Crippen LogP contribution in [0.2, 0.25) is 0 Å². The Labute approximate surface area is 93.4 Å². The molecular formula is C7H8BINO2P. The van der Waals surface area contributed by atoms with Crippen molar-refractivity contribution in [2.24, 2.45) is 0 Å². The molecule has 1 heterocycles. The van der Waals surface area contributed by atoms with Crippen molar-refractivity contribution >= 4 is 41.9 Å². The summed E-state index contributed by atoms with van der Waals surface area (Å²) in [6.07, 6.45) is 1.60. The predicted octanol–water partition coefficient (Wildman–Crippen LogP) is 1.21. The quantitative estimate of drug-likeness (QED) is 0.355. The third-order valence-corrected chi connectivity index (χ3v) is 2.52. The first kappa shape index (κ1) is 11.2. The van der Waals surface area contributed by atoms with Crippen LogP contribution in [0, 0.1) is 0 Å². The van der Waals surface area contributed by atoms with Crippen LogP contribution in [0.1, 0.15) is 0 Å². The number of nitrogens with zero attached hydrogens (tertiary/aromatic N) is 1. The molecule has 68 valence electrons. The van der Waals surface area contributed by atoms with Gasteiger partial charge >= 0.3 is 0 Å². The lowest BCUT2D eigenvalue weighted by Crippen LogP contribution is -2.08. The Morgan fingerprint density at radius 1 is 1.46 bits per heavy atom. The fourth-order valence-corrected chi connectivity index (χ4v) is 1.54. The molecule has 0 aliphatic rings. The lowest BCUT2D eigenvalue weighted by molar-refractivity contribution is 0.237. The van der Waals surface area contributed by atoms with Crippen LogP contribution < -0.4 is 10.3 Å². The first-order valence-corrected chi connectivity index (χ1v) is 7.67. The molecule has 3 nitrogen and oxygen atoms in total. The molecular weight excluding hydrogens is 299 g/mol. The molecule has 0 spiro atoms. The molecule has 0 saturated heterocycles. The van der Waals surface area contributed by atoms with Crippen molar-refractivity contribution in [1.82, 2.24) is 4.98 Å². The molecule has 1 unspecified atom stereocenters. The van der Waals surface area contributed by atoms with Gasteiger partial charge in [0.1, 0.15) is 20.2 Å². The topological polar surface area (TPSA) is 31.4 Å². The number of halogens is 1. The minimum atomic E-state index is 0.478. The van der Waals surface area contributed by atoms with Crippen LogP contribution in [0.25, 0.3) is 0 Å². The molecule has 0 aliphatic carbocycles. The van der Waals surface area contributed by atoms with E-state index in [2.05, 4.69) is 27.0 Å². The molecule has 0 amide bonds. The number of ether oxygens (including phenoxy) is 1. The number of hydrogen-bond acceptors (Lipinski definition) is 3. The van der Waals surface area contributed by atoms with Crippen molar-refractivity contribution in [2.45, 2.75) is 0 Å². The summed E-state index contributed by atoms with van der Waals surface area (Å²) in [7, 11) is 5.41. The smallest absolute Gasteiger partial charge is 0.141 e. The van der Waals surface area contributed by atoms with Gasteiger partial charge in [0.15, 0.2) is 0 Å². The van der Waals surface area contributed by atoms with Gasteiger partial charge in [-0.15, -0.1) is 0 Å². The maximum Gasteiger partial charge on any atom is 0.141 e. The maximum atomic E-state index is 5.41. The van der Waals surface area contributed by atoms with Crippen molar-refractivity contribution in [3.8, 4) is 5.75 Å². The average molecular weight is 307 g/mol. The molecule has 1 atom stereocenters. The van der Waals surface area contributed by atoms with Gasteiger partial charge in [-0.3, -0.25) is 4.98 Å². The largest absolute Gasteiger partial charge is 0.490 e. The zero-order chi connectivity index (χ0) is 9.52. The Kier molecular flexibility index (Phi) is 5.66. The molecule has 0 bridgehead atoms. The standard InChI is InChI=1S/C7H8BINO2P/c8-7-2-1-6(5-10-7)11-3-4-12-13-9/h1-2,5,13H,3-4H2. The monoisotopic (exact) mass is 307 g/mol. The van der Waals surface area contributed by atoms with Crippen LogP contribution in [0.4, 0.5) is 0 Å². The van der Waals surface area contributed by atoms with Crippen molar-refractivity contribution in [2.75, 3.05) is 13.2 Å². The molecule has 1 aromatic rings. The van der Waals surface area contributed by atoms with Crippen molar-refractivity contribution in [3.05, 3.63) is 18.3 Å². The van der Waals surface area contributed by atoms with Crippen LogP contribution >= 0.6 is 28.5 Å². The zero-order valence-corrected chi connectivity index (χ0v) is 10.0. The van der Waals surface area contributed by atoms with E-state index < -0.39 is 0 Å². The first-order valence-electron chi connectivity index (χ1n) is 3.64. The van der Waals surface area contributed by atoms with E-state index in [0.717, 1.165) is 5.75 Å². The average Bonchev–Trinajstić information content (AvgIpc) is 2.15. The number of aromatic nitrogens is 1. The van der Waals surface area contributed by atoms with E-state index in [1.165, 1.54) is 0 Å². The van der Waals surface area contributed by atoms with Gasteiger partial charge in [0.2, 0.25) is 0 Å². The molecule has 13 heavy (non-hydrogen) atoms. The van der Waals surface area contributed by atoms with E-state index >= 15 is 0 Å². The molecule has 2 radical (unpaired) electrons. The van der Waals surface area contributed by atoms with Gasteiger partial charge in [0, 0.05) is 0 Å². The second-order valence-corrected chi connectivity index (χ2v) is 3.96. The summed E-state index contributed by atoms with van der Waals surface area (Å²) >= 11 is 2.17. The van der Waals surface area contributed by atoms with E-state index in [1.54, 1.807) is 18.3 Å². The summed E-state index contributed by atoms with van der Waals surface area (Å²) in [4.78, 5) is 3.89. The summed E-state index contributed by atoms with van der Waals surface area (Å²) in [5.41, 5.74) is 0.498. The number of pyridine rings is 1. The Morgan fingerprint density at radius 2 is 2.31 bits per heavy atom. The molecule has 0 saturated carbocycles. The maximum absolute atomic E-state index is 5.41. The third-order valence-electron chi connectivity index (χ3n) is 1.27. The van der Waals surface area contributed by atoms with Crippen molar-refractivity contribution < 1.29 is 9.26 Å². The minimum Gasteiger partial charge on any atom is -0.490 e. The van der Waals surface area contributed by atoms with E-state index in [-0.39, 0.29) is 0 Å². The summed E-state index contributed by atoms with van der Waals surface area (Å²) < 4.78 is 10.4. The highest BCUT2D eigenvalue weighted by Crippen LogP contribution is 2.20. The summed E-state index contributed by atoms with van der Waals surface area (Å²) in [6, 6.07) is 3.49. The number of rotatable bonds is 5. The van der Waals surface area contributed by atoms with Crippen LogP contribution in [-0.4, -0.2) is 26.0 Å². The Morgan fingerprint density at radius 3 is 2.92 bits per heavy atom. The van der Waals surface area contributed by atoms with Gasteiger partial charge in [0.05, 0.1) is 19.3 Å². The molecule has 1 rings (SSSR count). The van der Waals surface area contributed by atoms with E-state index in [9.17, 15) is 0 Å². The highest BCUT2D eigenvalue weighted by atomic mass is 127. The molecule has 0 N–H and O–H groups in total. The van der Waals surface area contributed by atoms with Gasteiger partial charge in [-0.1, -0.05) is 0 Å². The Bertz CT molecular complexity index is 247. The second-order valence-electron chi connectivity index (χ2n) is 2.19. The van der Waals surface area contributed by atoms with Crippen molar-refractivity contribution in [3.63, 3.8) is 0 Å². The highest BCUT2D eigenvalue weighted by molar-refractivity contribution is 14.2. The Balaban J connectivity index is 2.25. The van der Waals surface area contributed by atoms with Crippen molar-refractivity contribution in [1.29, 1.82) is 0 Å². The zero-order valence-electron chi connectivity index (χ0n) is 6.87. The van der Waals surface area contributed by atoms with E-state index in [1.807, 2.05) is 0 Å². The highest BCUT2D eigenvalue weighted by Gasteiger charge is 1.93. The minimum absolute atomic E-state index is 0.478. The predicted molar refractivity (Wildman–Crippen MR) is 63.4 cm³/mol. The van der Waals surface area contributed by atoms with Crippen LogP contribution in [0.3, 0.4) is 0 Å². The fraction of sp³-hybridized carbons (Fsp3) is 0.286. The van der Waals surface area contributed by atoms with Gasteiger partial charge in [-0.05, 0) is 39.8 Å². The molecule has 1 aromatic heterocycles. The lowest BCUT2D eigenvalue weighted by Gasteiger charge is -2.04. The molecule has 0 aliphatic heterocycles. The summed E-state index contributed by atoms with van der Waals surface area (Å²) in [5, 5.41) is 0. The first-order chi connectivity index (χ1) is 6.33. The Hall–Kier alpha value is 0.135. The van der Waals surface area contributed by atoms with Gasteiger partial charge in [-0.25, -0.2) is 0 Å². The molecule has 0 fully saturated rings.